The van der Waals surface area contributed by atoms with Crippen LogP contribution in [0.4, 0.5) is 0 Å². The van der Waals surface area contributed by atoms with Crippen molar-refractivity contribution in [2.45, 2.75) is 77.3 Å². The summed E-state index contributed by atoms with van der Waals surface area (Å²) in [6.45, 7) is 4.61. The molecule has 2 rings (SSSR count). The van der Waals surface area contributed by atoms with Crippen molar-refractivity contribution >= 4 is 11.3 Å². The van der Waals surface area contributed by atoms with E-state index in [1.807, 2.05) is 11.3 Å². The molecule has 0 amide bonds. The normalized spacial score (nSPS) is 18.3. The van der Waals surface area contributed by atoms with Crippen molar-refractivity contribution < 1.29 is 0 Å². The third-order valence-electron chi connectivity index (χ3n) is 4.41. The molecular formula is C17H29NS. The first-order valence-corrected chi connectivity index (χ1v) is 9.02. The van der Waals surface area contributed by atoms with E-state index in [1.54, 1.807) is 4.88 Å². The predicted molar refractivity (Wildman–Crippen MR) is 85.8 cm³/mol. The van der Waals surface area contributed by atoms with E-state index in [2.05, 4.69) is 36.7 Å². The zero-order valence-electron chi connectivity index (χ0n) is 12.5. The van der Waals surface area contributed by atoms with E-state index in [9.17, 15) is 0 Å². The highest BCUT2D eigenvalue weighted by Crippen LogP contribution is 2.38. The molecule has 108 valence electrons. The fourth-order valence-corrected chi connectivity index (χ4v) is 4.35. The molecule has 1 saturated carbocycles. The topological polar surface area (TPSA) is 12.0 Å². The van der Waals surface area contributed by atoms with E-state index in [0.29, 0.717) is 12.1 Å². The first-order chi connectivity index (χ1) is 9.35. The SMILES string of the molecule is CCCC(CCC)NC(c1cccs1)C1CCCC1. The van der Waals surface area contributed by atoms with Crippen LogP contribution in [0.2, 0.25) is 0 Å². The van der Waals surface area contributed by atoms with E-state index < -0.39 is 0 Å². The van der Waals surface area contributed by atoms with E-state index >= 15 is 0 Å². The lowest BCUT2D eigenvalue weighted by Crippen LogP contribution is -2.35. The van der Waals surface area contributed by atoms with Gasteiger partial charge in [-0.25, -0.2) is 0 Å². The van der Waals surface area contributed by atoms with Gasteiger partial charge in [-0.3, -0.25) is 0 Å². The summed E-state index contributed by atoms with van der Waals surface area (Å²) in [4.78, 5) is 1.56. The molecule has 1 atom stereocenters. The van der Waals surface area contributed by atoms with Crippen molar-refractivity contribution in [1.29, 1.82) is 0 Å². The van der Waals surface area contributed by atoms with Crippen LogP contribution < -0.4 is 5.32 Å². The molecule has 2 heteroatoms. The minimum atomic E-state index is 0.616. The van der Waals surface area contributed by atoms with Crippen LogP contribution in [0.15, 0.2) is 17.5 Å². The molecule has 1 unspecified atom stereocenters. The van der Waals surface area contributed by atoms with Gasteiger partial charge in [0, 0.05) is 17.0 Å². The number of rotatable bonds is 8. The Morgan fingerprint density at radius 1 is 1.21 bits per heavy atom. The number of hydrogen-bond donors (Lipinski definition) is 1. The zero-order chi connectivity index (χ0) is 13.5. The van der Waals surface area contributed by atoms with Crippen LogP contribution in [0.3, 0.4) is 0 Å². The lowest BCUT2D eigenvalue weighted by Gasteiger charge is -2.29. The maximum atomic E-state index is 4.01. The second kappa shape index (κ2) is 8.06. The molecular weight excluding hydrogens is 250 g/mol. The van der Waals surface area contributed by atoms with Crippen molar-refractivity contribution in [3.63, 3.8) is 0 Å². The molecule has 0 radical (unpaired) electrons. The van der Waals surface area contributed by atoms with Gasteiger partial charge in [-0.15, -0.1) is 11.3 Å². The van der Waals surface area contributed by atoms with Gasteiger partial charge in [0.2, 0.25) is 0 Å². The summed E-state index contributed by atoms with van der Waals surface area (Å²) in [6.07, 6.45) is 10.9. The molecule has 1 aromatic rings. The van der Waals surface area contributed by atoms with Gasteiger partial charge in [-0.05, 0) is 43.0 Å². The monoisotopic (exact) mass is 279 g/mol. The molecule has 0 bridgehead atoms. The van der Waals surface area contributed by atoms with Gasteiger partial charge in [-0.1, -0.05) is 45.6 Å². The van der Waals surface area contributed by atoms with Gasteiger partial charge in [0.25, 0.3) is 0 Å². The summed E-state index contributed by atoms with van der Waals surface area (Å²) < 4.78 is 0. The molecule has 1 N–H and O–H groups in total. The molecule has 1 aliphatic rings. The van der Waals surface area contributed by atoms with Crippen LogP contribution in [-0.4, -0.2) is 6.04 Å². The van der Waals surface area contributed by atoms with E-state index in [1.165, 1.54) is 51.4 Å². The first kappa shape index (κ1) is 15.1. The Morgan fingerprint density at radius 3 is 2.42 bits per heavy atom. The smallest absolute Gasteiger partial charge is 0.0445 e. The molecule has 1 heterocycles. The summed E-state index contributed by atoms with van der Waals surface area (Å²) in [7, 11) is 0. The van der Waals surface area contributed by atoms with Crippen LogP contribution in [0.5, 0.6) is 0 Å². The van der Waals surface area contributed by atoms with Gasteiger partial charge in [0.15, 0.2) is 0 Å². The Labute approximate surface area is 122 Å². The van der Waals surface area contributed by atoms with Crippen molar-refractivity contribution in [3.8, 4) is 0 Å². The lowest BCUT2D eigenvalue weighted by molar-refractivity contribution is 0.310. The molecule has 1 nitrogen and oxygen atoms in total. The van der Waals surface area contributed by atoms with Crippen LogP contribution >= 0.6 is 11.3 Å². The third-order valence-corrected chi connectivity index (χ3v) is 5.37. The Bertz CT molecular complexity index is 321. The van der Waals surface area contributed by atoms with Crippen LogP contribution in [0.1, 0.15) is 76.1 Å². The van der Waals surface area contributed by atoms with Gasteiger partial charge in [0.1, 0.15) is 0 Å². The highest BCUT2D eigenvalue weighted by Gasteiger charge is 2.28. The average molecular weight is 279 g/mol. The summed E-state index contributed by atoms with van der Waals surface area (Å²) in [6, 6.07) is 5.86. The molecule has 0 saturated heterocycles. The fourth-order valence-electron chi connectivity index (χ4n) is 3.47. The minimum absolute atomic E-state index is 0.616. The third kappa shape index (κ3) is 4.32. The van der Waals surface area contributed by atoms with Crippen molar-refractivity contribution in [2.75, 3.05) is 0 Å². The molecule has 19 heavy (non-hydrogen) atoms. The summed E-state index contributed by atoms with van der Waals surface area (Å²) >= 11 is 1.93. The molecule has 1 aromatic heterocycles. The van der Waals surface area contributed by atoms with Crippen LogP contribution in [0, 0.1) is 5.92 Å². The second-order valence-electron chi connectivity index (χ2n) is 5.98. The van der Waals surface area contributed by atoms with Crippen LogP contribution in [0.25, 0.3) is 0 Å². The molecule has 0 spiro atoms. The van der Waals surface area contributed by atoms with Gasteiger partial charge < -0.3 is 5.32 Å². The van der Waals surface area contributed by atoms with Gasteiger partial charge >= 0.3 is 0 Å². The number of hydrogen-bond acceptors (Lipinski definition) is 2. The van der Waals surface area contributed by atoms with E-state index in [-0.39, 0.29) is 0 Å². The Balaban J connectivity index is 2.03. The maximum Gasteiger partial charge on any atom is 0.0445 e. The summed E-state index contributed by atoms with van der Waals surface area (Å²) in [5, 5.41) is 6.24. The number of nitrogens with one attached hydrogen (secondary N) is 1. The largest absolute Gasteiger partial charge is 0.306 e. The highest BCUT2D eigenvalue weighted by atomic mass is 32.1. The molecule has 0 aromatic carbocycles. The van der Waals surface area contributed by atoms with Crippen molar-refractivity contribution in [1.82, 2.24) is 5.32 Å². The Kier molecular flexibility index (Phi) is 6.39. The molecule has 1 fully saturated rings. The summed E-state index contributed by atoms with van der Waals surface area (Å²) in [5.41, 5.74) is 0. The standard InChI is InChI=1S/C17H29NS/c1-3-8-15(9-4-2)18-17(14-10-5-6-11-14)16-12-7-13-19-16/h7,12-15,17-18H,3-6,8-11H2,1-2H3. The predicted octanol–water partition coefficient (Wildman–Crippen LogP) is 5.54. The molecule has 1 aliphatic carbocycles. The quantitative estimate of drug-likeness (QED) is 0.659. The van der Waals surface area contributed by atoms with Crippen molar-refractivity contribution in [2.24, 2.45) is 5.92 Å². The highest BCUT2D eigenvalue weighted by molar-refractivity contribution is 7.10. The minimum Gasteiger partial charge on any atom is -0.306 e. The second-order valence-corrected chi connectivity index (χ2v) is 6.96. The summed E-state index contributed by atoms with van der Waals surface area (Å²) in [5.74, 6) is 0.870. The van der Waals surface area contributed by atoms with Crippen LogP contribution in [-0.2, 0) is 0 Å². The maximum absolute atomic E-state index is 4.01. The lowest BCUT2D eigenvalue weighted by atomic mass is 9.94. The molecule has 0 aliphatic heterocycles. The fraction of sp³-hybridized carbons (Fsp3) is 0.765. The Morgan fingerprint density at radius 2 is 1.89 bits per heavy atom. The number of thiophene rings is 1. The average Bonchev–Trinajstić information content (AvgIpc) is 3.09. The van der Waals surface area contributed by atoms with Gasteiger partial charge in [0.05, 0.1) is 0 Å². The zero-order valence-corrected chi connectivity index (χ0v) is 13.3. The van der Waals surface area contributed by atoms with Crippen molar-refractivity contribution in [3.05, 3.63) is 22.4 Å². The van der Waals surface area contributed by atoms with Gasteiger partial charge in [-0.2, -0.15) is 0 Å². The Hall–Kier alpha value is -0.340. The van der Waals surface area contributed by atoms with E-state index in [4.69, 9.17) is 0 Å². The first-order valence-electron chi connectivity index (χ1n) is 8.14. The van der Waals surface area contributed by atoms with E-state index in [0.717, 1.165) is 5.92 Å².